The van der Waals surface area contributed by atoms with Crippen molar-refractivity contribution in [1.82, 2.24) is 49.9 Å². The number of hydrogen-bond donors (Lipinski definition) is 4. The Hall–Kier alpha value is -7.44. The van der Waals surface area contributed by atoms with E-state index in [9.17, 15) is 0 Å². The van der Waals surface area contributed by atoms with E-state index >= 15 is 0 Å². The van der Waals surface area contributed by atoms with Crippen LogP contribution in [0.25, 0.3) is 45.2 Å². The van der Waals surface area contributed by atoms with E-state index in [1.165, 1.54) is 0 Å². The first kappa shape index (κ1) is 44.6. The van der Waals surface area contributed by atoms with Gasteiger partial charge in [0.25, 0.3) is 0 Å². The molecule has 0 spiro atoms. The number of furan rings is 2. The van der Waals surface area contributed by atoms with Crippen molar-refractivity contribution in [2.24, 2.45) is 21.5 Å². The molecule has 0 saturated carbocycles. The Balaban J connectivity index is 0.00000306. The summed E-state index contributed by atoms with van der Waals surface area (Å²) in [6, 6.07) is 26.6. The Morgan fingerprint density at radius 1 is 0.609 bits per heavy atom. The fourth-order valence-corrected chi connectivity index (χ4v) is 6.69. The Kier molecular flexibility index (Phi) is 13.5. The second-order valence-electron chi connectivity index (χ2n) is 15.2. The average molecular weight is 906 g/mol. The molecule has 0 atom stereocenters. The van der Waals surface area contributed by atoms with Gasteiger partial charge >= 0.3 is 0 Å². The standard InChI is InChI=1S/C44H44N14O4.2ClH/c1-25(2)47-41(45)27-5-13-35-37(17-27)51-43(49-35)39-15-11-33(61-39)21-57-19-29(53-55-57)23-59-31-7-9-32(10-8-31)60-24-30-20-58(56-54-30)22-34-12-16-40(62-34)44-50-36-14-6-28(18-38(36)52-44)42(46)48-26(3)4;;/h5-20,25-26H,21-24H2,1-4H3,(H2,45,47)(H2,46,48)(H,49,51)(H,50,52);2*1H. The summed E-state index contributed by atoms with van der Waals surface area (Å²) in [5.41, 5.74) is 18.6. The van der Waals surface area contributed by atoms with Crippen LogP contribution in [-0.2, 0) is 26.3 Å². The van der Waals surface area contributed by atoms with Crippen LogP contribution in [0.5, 0.6) is 11.5 Å². The second-order valence-corrected chi connectivity index (χ2v) is 15.2. The Bertz CT molecular complexity index is 2840. The number of rotatable bonds is 16. The molecular weight excluding hydrogens is 859 g/mol. The summed E-state index contributed by atoms with van der Waals surface area (Å²) >= 11 is 0. The molecule has 18 nitrogen and oxygen atoms in total. The summed E-state index contributed by atoms with van der Waals surface area (Å²) in [5.74, 6) is 6.15. The Labute approximate surface area is 379 Å². The van der Waals surface area contributed by atoms with Crippen molar-refractivity contribution >= 4 is 58.6 Å². The number of nitrogens with zero attached hydrogens (tertiary/aromatic N) is 10. The number of halogens is 2. The van der Waals surface area contributed by atoms with Crippen LogP contribution in [0.2, 0.25) is 0 Å². The van der Waals surface area contributed by atoms with Crippen molar-refractivity contribution in [1.29, 1.82) is 0 Å². The number of aliphatic imine (C=N–C) groups is 2. The van der Waals surface area contributed by atoms with Gasteiger partial charge in [-0.3, -0.25) is 9.98 Å². The third-order valence-corrected chi connectivity index (χ3v) is 9.54. The van der Waals surface area contributed by atoms with Gasteiger partial charge in [-0.1, -0.05) is 10.4 Å². The zero-order valence-electron chi connectivity index (χ0n) is 35.3. The van der Waals surface area contributed by atoms with Gasteiger partial charge in [0, 0.05) is 23.2 Å². The molecule has 0 saturated heterocycles. The van der Waals surface area contributed by atoms with Crippen molar-refractivity contribution in [3.8, 4) is 34.7 Å². The van der Waals surface area contributed by atoms with Crippen LogP contribution in [0.1, 0.15) is 61.7 Å². The lowest BCUT2D eigenvalue weighted by Crippen LogP contribution is -2.15. The van der Waals surface area contributed by atoms with Gasteiger partial charge in [-0.25, -0.2) is 19.3 Å². The summed E-state index contributed by atoms with van der Waals surface area (Å²) in [4.78, 5) is 24.9. The maximum Gasteiger partial charge on any atom is 0.174 e. The maximum absolute atomic E-state index is 6.17. The van der Waals surface area contributed by atoms with Gasteiger partial charge in [0.15, 0.2) is 23.2 Å². The molecule has 0 aliphatic rings. The SMILES string of the molecule is CC(C)N=C(N)c1ccc2nc(-c3ccc(Cn4cc(COc5ccc(OCc6cn(Cc7ccc(-c8nc9ccc(C(N)=NC(C)C)cc9[nH]8)o7)nn6)cc5)nn4)o3)[nH]c2c1.Cl.Cl. The highest BCUT2D eigenvalue weighted by molar-refractivity contribution is 6.01. The minimum atomic E-state index is 0. The summed E-state index contributed by atoms with van der Waals surface area (Å²) in [5, 5.41) is 17.0. The molecule has 0 fully saturated rings. The van der Waals surface area contributed by atoms with E-state index in [0.717, 1.165) is 33.2 Å². The number of fused-ring (bicyclic) bond motifs is 2. The highest BCUT2D eigenvalue weighted by Crippen LogP contribution is 2.26. The van der Waals surface area contributed by atoms with Gasteiger partial charge in [-0.05, 0) is 113 Å². The lowest BCUT2D eigenvalue weighted by atomic mass is 10.2. The van der Waals surface area contributed by atoms with E-state index in [1.54, 1.807) is 9.36 Å². The third kappa shape index (κ3) is 10.4. The number of nitrogens with two attached hydrogens (primary N) is 2. The minimum absolute atomic E-state index is 0. The molecule has 0 radical (unpaired) electrons. The van der Waals surface area contributed by atoms with Crippen molar-refractivity contribution in [3.05, 3.63) is 131 Å². The van der Waals surface area contributed by atoms with Gasteiger partial charge in [0.05, 0.1) is 34.5 Å². The van der Waals surface area contributed by atoms with E-state index in [1.807, 2.05) is 125 Å². The molecule has 330 valence electrons. The normalized spacial score (nSPS) is 12.0. The van der Waals surface area contributed by atoms with Crippen LogP contribution in [0.4, 0.5) is 0 Å². The number of amidine groups is 2. The second kappa shape index (κ2) is 19.3. The monoisotopic (exact) mass is 904 g/mol. The lowest BCUT2D eigenvalue weighted by Gasteiger charge is -2.06. The molecule has 9 aromatic rings. The number of benzene rings is 3. The largest absolute Gasteiger partial charge is 0.487 e. The van der Waals surface area contributed by atoms with Crippen LogP contribution in [0, 0.1) is 0 Å². The van der Waals surface area contributed by atoms with Crippen molar-refractivity contribution < 1.29 is 18.3 Å². The van der Waals surface area contributed by atoms with E-state index < -0.39 is 0 Å². The molecule has 0 aliphatic carbocycles. The highest BCUT2D eigenvalue weighted by atomic mass is 35.5. The number of imidazole rings is 2. The lowest BCUT2D eigenvalue weighted by molar-refractivity contribution is 0.292. The highest BCUT2D eigenvalue weighted by Gasteiger charge is 2.15. The zero-order valence-corrected chi connectivity index (χ0v) is 36.9. The molecule has 0 amide bonds. The molecule has 64 heavy (non-hydrogen) atoms. The van der Waals surface area contributed by atoms with Crippen LogP contribution < -0.4 is 20.9 Å². The van der Waals surface area contributed by atoms with Gasteiger partial charge < -0.3 is 39.7 Å². The maximum atomic E-state index is 6.17. The number of nitrogens with one attached hydrogen (secondary N) is 2. The van der Waals surface area contributed by atoms with Gasteiger partial charge in [0.2, 0.25) is 0 Å². The first-order valence-electron chi connectivity index (χ1n) is 20.1. The van der Waals surface area contributed by atoms with E-state index in [0.29, 0.717) is 82.3 Å². The molecule has 9 rings (SSSR count). The number of hydrogen-bond acceptors (Lipinski definition) is 12. The zero-order chi connectivity index (χ0) is 42.7. The van der Waals surface area contributed by atoms with E-state index in [4.69, 9.17) is 29.8 Å². The third-order valence-electron chi connectivity index (χ3n) is 9.54. The minimum Gasteiger partial charge on any atom is -0.487 e. The van der Waals surface area contributed by atoms with Crippen LogP contribution in [-0.4, -0.2) is 73.7 Å². The number of aromatic amines is 2. The average Bonchev–Trinajstić information content (AvgIpc) is 4.11. The van der Waals surface area contributed by atoms with E-state index in [2.05, 4.69) is 50.5 Å². The molecule has 3 aromatic carbocycles. The van der Waals surface area contributed by atoms with Crippen LogP contribution in [0.15, 0.2) is 116 Å². The summed E-state index contributed by atoms with van der Waals surface area (Å²) < 4.78 is 27.5. The molecule has 0 aliphatic heterocycles. The molecule has 0 unspecified atom stereocenters. The fraction of sp³-hybridized carbons (Fsp3) is 0.227. The molecule has 6 heterocycles. The molecule has 0 bridgehead atoms. The van der Waals surface area contributed by atoms with Gasteiger partial charge in [0.1, 0.15) is 72.4 Å². The predicted molar refractivity (Wildman–Crippen MR) is 247 cm³/mol. The smallest absolute Gasteiger partial charge is 0.174 e. The first-order chi connectivity index (χ1) is 30.1. The fourth-order valence-electron chi connectivity index (χ4n) is 6.69. The predicted octanol–water partition coefficient (Wildman–Crippen LogP) is 7.47. The van der Waals surface area contributed by atoms with Crippen molar-refractivity contribution in [2.75, 3.05) is 0 Å². The topological polar surface area (TPSA) is 240 Å². The summed E-state index contributed by atoms with van der Waals surface area (Å²) in [7, 11) is 0. The Morgan fingerprint density at radius 3 is 1.44 bits per heavy atom. The van der Waals surface area contributed by atoms with E-state index in [-0.39, 0.29) is 50.1 Å². The van der Waals surface area contributed by atoms with Crippen LogP contribution >= 0.6 is 24.8 Å². The molecule has 6 N–H and O–H groups in total. The van der Waals surface area contributed by atoms with Gasteiger partial charge in [-0.15, -0.1) is 35.0 Å². The summed E-state index contributed by atoms with van der Waals surface area (Å²) in [6.07, 6.45) is 3.64. The van der Waals surface area contributed by atoms with Crippen molar-refractivity contribution in [2.45, 2.75) is 66.1 Å². The first-order valence-corrected chi connectivity index (χ1v) is 20.1. The number of H-pyrrole nitrogens is 2. The summed E-state index contributed by atoms with van der Waals surface area (Å²) in [6.45, 7) is 9.20. The van der Waals surface area contributed by atoms with Crippen molar-refractivity contribution in [3.63, 3.8) is 0 Å². The molecule has 20 heteroatoms. The number of ether oxygens (including phenoxy) is 2. The quantitative estimate of drug-likeness (QED) is 0.0546. The van der Waals surface area contributed by atoms with Crippen LogP contribution in [0.3, 0.4) is 0 Å². The molecular formula is C44H46Cl2N14O4. The molecule has 6 aromatic heterocycles. The number of aromatic nitrogens is 10. The Morgan fingerprint density at radius 2 is 1.03 bits per heavy atom. The van der Waals surface area contributed by atoms with Gasteiger partial charge in [-0.2, -0.15) is 0 Å².